The molecule has 0 bridgehead atoms. The number of halogens is 7. The Balaban J connectivity index is 2.33. The Kier molecular flexibility index (Phi) is 8.00. The summed E-state index contributed by atoms with van der Waals surface area (Å²) < 4.78 is 93.4. The first-order chi connectivity index (χ1) is 15.6. The minimum absolute atomic E-state index is 0.0117. The Bertz CT molecular complexity index is 1030. The lowest BCUT2D eigenvalue weighted by Crippen LogP contribution is -2.50. The zero-order chi connectivity index (χ0) is 25.9. The summed E-state index contributed by atoms with van der Waals surface area (Å²) in [4.78, 5) is 23.6. The van der Waals surface area contributed by atoms with Crippen molar-refractivity contribution >= 4 is 17.5 Å². The fourth-order valence-corrected chi connectivity index (χ4v) is 3.40. The van der Waals surface area contributed by atoms with E-state index in [1.165, 1.54) is 32.9 Å². The predicted octanol–water partition coefficient (Wildman–Crippen LogP) is 5.78. The summed E-state index contributed by atoms with van der Waals surface area (Å²) in [6.07, 6.45) is -12.0. The number of hydrogen-bond acceptors (Lipinski definition) is 2. The Morgan fingerprint density at radius 3 is 1.94 bits per heavy atom. The van der Waals surface area contributed by atoms with Crippen LogP contribution in [-0.2, 0) is 23.3 Å². The summed E-state index contributed by atoms with van der Waals surface area (Å²) in [6.45, 7) is 4.43. The summed E-state index contributed by atoms with van der Waals surface area (Å²) in [5, 5.41) is 5.13. The Labute approximate surface area is 191 Å². The second-order valence-corrected chi connectivity index (χ2v) is 7.72. The zero-order valence-electron chi connectivity index (χ0n) is 18.5. The lowest BCUT2D eigenvalue weighted by atomic mass is 9.89. The normalized spacial score (nSPS) is 12.4. The van der Waals surface area contributed by atoms with Gasteiger partial charge in [-0.2, -0.15) is 26.3 Å². The molecule has 0 radical (unpaired) electrons. The molecule has 186 valence electrons. The average Bonchev–Trinajstić information content (AvgIpc) is 2.72. The molecule has 0 aromatic heterocycles. The zero-order valence-corrected chi connectivity index (χ0v) is 18.5. The van der Waals surface area contributed by atoms with Gasteiger partial charge in [0, 0.05) is 30.3 Å². The quantitative estimate of drug-likeness (QED) is 0.482. The number of carbonyl (C=O) groups is 2. The molecular weight excluding hydrogens is 469 g/mol. The Morgan fingerprint density at radius 2 is 1.47 bits per heavy atom. The highest BCUT2D eigenvalue weighted by atomic mass is 19.4. The minimum atomic E-state index is -6.23. The van der Waals surface area contributed by atoms with Crippen LogP contribution in [0, 0.1) is 6.92 Å². The van der Waals surface area contributed by atoms with Crippen molar-refractivity contribution < 1.29 is 40.3 Å². The Morgan fingerprint density at radius 1 is 0.912 bits per heavy atom. The summed E-state index contributed by atoms with van der Waals surface area (Å²) >= 11 is 0. The van der Waals surface area contributed by atoms with E-state index in [0.29, 0.717) is 25.1 Å². The number of nitrogens with one attached hydrogen (secondary N) is 2. The van der Waals surface area contributed by atoms with Crippen LogP contribution >= 0.6 is 0 Å². The van der Waals surface area contributed by atoms with E-state index in [9.17, 15) is 40.3 Å². The van der Waals surface area contributed by atoms with Gasteiger partial charge in [0.05, 0.1) is 0 Å². The molecule has 0 aliphatic carbocycles. The third-order valence-corrected chi connectivity index (χ3v) is 5.22. The van der Waals surface area contributed by atoms with Gasteiger partial charge in [-0.3, -0.25) is 9.59 Å². The molecule has 2 N–H and O–H groups in total. The van der Waals surface area contributed by atoms with Crippen molar-refractivity contribution in [2.24, 2.45) is 0 Å². The minimum Gasteiger partial charge on any atom is -0.356 e. The monoisotopic (exact) mass is 492 g/mol. The van der Waals surface area contributed by atoms with Crippen LogP contribution in [0.25, 0.3) is 0 Å². The van der Waals surface area contributed by atoms with Crippen molar-refractivity contribution in [1.29, 1.82) is 0 Å². The molecule has 0 aliphatic rings. The van der Waals surface area contributed by atoms with Crippen LogP contribution in [0.1, 0.15) is 46.5 Å². The van der Waals surface area contributed by atoms with E-state index in [-0.39, 0.29) is 34.7 Å². The summed E-state index contributed by atoms with van der Waals surface area (Å²) in [5.41, 5.74) is -6.33. The van der Waals surface area contributed by atoms with Crippen molar-refractivity contribution in [2.75, 3.05) is 11.9 Å². The van der Waals surface area contributed by atoms with E-state index >= 15 is 0 Å². The topological polar surface area (TPSA) is 58.2 Å². The lowest BCUT2D eigenvalue weighted by molar-refractivity contribution is -0.348. The number of benzene rings is 2. The molecule has 2 aromatic carbocycles. The van der Waals surface area contributed by atoms with Crippen LogP contribution in [0.3, 0.4) is 0 Å². The van der Waals surface area contributed by atoms with E-state index in [4.69, 9.17) is 0 Å². The molecule has 0 spiro atoms. The number of rotatable bonds is 7. The van der Waals surface area contributed by atoms with Crippen LogP contribution in [0.4, 0.5) is 36.4 Å². The molecule has 0 aliphatic heterocycles. The second kappa shape index (κ2) is 10.0. The molecule has 2 amide bonds. The van der Waals surface area contributed by atoms with Crippen molar-refractivity contribution in [1.82, 2.24) is 5.32 Å². The molecule has 0 saturated carbocycles. The maximum atomic E-state index is 14.5. The van der Waals surface area contributed by atoms with Gasteiger partial charge >= 0.3 is 18.0 Å². The van der Waals surface area contributed by atoms with Crippen molar-refractivity contribution in [3.63, 3.8) is 0 Å². The molecule has 4 nitrogen and oxygen atoms in total. The summed E-state index contributed by atoms with van der Waals surface area (Å²) in [7, 11) is 0. The van der Waals surface area contributed by atoms with Gasteiger partial charge in [0.1, 0.15) is 0 Å². The van der Waals surface area contributed by atoms with Gasteiger partial charge in [-0.1, -0.05) is 25.1 Å². The highest BCUT2D eigenvalue weighted by molar-refractivity contribution is 6.05. The van der Waals surface area contributed by atoms with Gasteiger partial charge in [-0.05, 0) is 54.7 Å². The van der Waals surface area contributed by atoms with Gasteiger partial charge in [-0.25, -0.2) is 4.39 Å². The van der Waals surface area contributed by atoms with Crippen LogP contribution in [-0.4, -0.2) is 30.7 Å². The number of hydrogen-bond donors (Lipinski definition) is 2. The van der Waals surface area contributed by atoms with Gasteiger partial charge in [0.25, 0.3) is 5.91 Å². The molecule has 2 aromatic rings. The molecular formula is C23H23F7N2O2. The number of anilines is 1. The highest BCUT2D eigenvalue weighted by Crippen LogP contribution is 2.53. The van der Waals surface area contributed by atoms with Gasteiger partial charge in [-0.15, -0.1) is 0 Å². The Hall–Kier alpha value is -3.11. The van der Waals surface area contributed by atoms with Gasteiger partial charge in [0.15, 0.2) is 0 Å². The second-order valence-electron chi connectivity index (χ2n) is 7.72. The van der Waals surface area contributed by atoms with Gasteiger partial charge < -0.3 is 10.6 Å². The fourth-order valence-electron chi connectivity index (χ4n) is 3.40. The van der Waals surface area contributed by atoms with Crippen LogP contribution in [0.15, 0.2) is 36.4 Å². The third kappa shape index (κ3) is 5.68. The third-order valence-electron chi connectivity index (χ3n) is 5.22. The number of alkyl halides is 7. The molecule has 0 unspecified atom stereocenters. The van der Waals surface area contributed by atoms with Crippen molar-refractivity contribution in [2.45, 2.75) is 51.6 Å². The van der Waals surface area contributed by atoms with Crippen molar-refractivity contribution in [3.05, 3.63) is 64.2 Å². The molecule has 0 fully saturated rings. The number of amides is 2. The first-order valence-electron chi connectivity index (χ1n) is 10.2. The molecule has 0 atom stereocenters. The largest absolute Gasteiger partial charge is 0.435 e. The number of carbonyl (C=O) groups excluding carboxylic acids is 2. The van der Waals surface area contributed by atoms with E-state index in [1.807, 2.05) is 0 Å². The lowest BCUT2D eigenvalue weighted by Gasteiger charge is -2.31. The standard InChI is InChI=1S/C23H23F7N2O2/c1-4-16-12-18(21(24,22(25,26)27)23(28,29)30)11-13(2)19(16)32-20(34)17-7-5-15(6-8-17)9-10-31-14(3)33/h5-8,11-12H,4,9-10H2,1-3H3,(H,31,33)(H,32,34). The highest BCUT2D eigenvalue weighted by Gasteiger charge is 2.73. The van der Waals surface area contributed by atoms with Gasteiger partial charge in [0.2, 0.25) is 5.91 Å². The van der Waals surface area contributed by atoms with E-state index < -0.39 is 29.5 Å². The van der Waals surface area contributed by atoms with E-state index in [1.54, 1.807) is 12.1 Å². The molecule has 0 heterocycles. The van der Waals surface area contributed by atoms with Crippen LogP contribution < -0.4 is 10.6 Å². The molecule has 2 rings (SSSR count). The molecule has 0 saturated heterocycles. The maximum absolute atomic E-state index is 14.5. The first kappa shape index (κ1) is 27.1. The average molecular weight is 492 g/mol. The summed E-state index contributed by atoms with van der Waals surface area (Å²) in [5.74, 6) is -0.823. The van der Waals surface area contributed by atoms with Crippen LogP contribution in [0.5, 0.6) is 0 Å². The molecule has 11 heteroatoms. The predicted molar refractivity (Wildman–Crippen MR) is 112 cm³/mol. The fraction of sp³-hybridized carbons (Fsp3) is 0.391. The maximum Gasteiger partial charge on any atom is 0.435 e. The first-order valence-corrected chi connectivity index (χ1v) is 10.2. The SMILES string of the molecule is CCc1cc(C(F)(C(F)(F)F)C(F)(F)F)cc(C)c1NC(=O)c1ccc(CCNC(C)=O)cc1. The van der Waals surface area contributed by atoms with Crippen LogP contribution in [0.2, 0.25) is 0 Å². The van der Waals surface area contributed by atoms with E-state index in [2.05, 4.69) is 10.6 Å². The van der Waals surface area contributed by atoms with E-state index in [0.717, 1.165) is 5.56 Å². The molecule has 34 heavy (non-hydrogen) atoms. The number of aryl methyl sites for hydroxylation is 2. The summed E-state index contributed by atoms with van der Waals surface area (Å²) in [6, 6.07) is 7.21. The smallest absolute Gasteiger partial charge is 0.356 e. The van der Waals surface area contributed by atoms with Crippen molar-refractivity contribution in [3.8, 4) is 0 Å².